The van der Waals surface area contributed by atoms with E-state index in [9.17, 15) is 9.59 Å². The summed E-state index contributed by atoms with van der Waals surface area (Å²) in [7, 11) is 0. The number of primary amides is 2. The molecule has 0 spiro atoms. The van der Waals surface area contributed by atoms with E-state index in [0.29, 0.717) is 11.0 Å². The van der Waals surface area contributed by atoms with Gasteiger partial charge in [-0.3, -0.25) is 9.36 Å². The van der Waals surface area contributed by atoms with E-state index in [0.717, 1.165) is 10.8 Å². The zero-order chi connectivity index (χ0) is 13.6. The van der Waals surface area contributed by atoms with Gasteiger partial charge in [0, 0.05) is 10.8 Å². The highest BCUT2D eigenvalue weighted by Crippen LogP contribution is 2.30. The summed E-state index contributed by atoms with van der Waals surface area (Å²) in [4.78, 5) is 23.2. The Morgan fingerprint density at radius 2 is 1.58 bits per heavy atom. The van der Waals surface area contributed by atoms with E-state index in [-0.39, 0.29) is 5.56 Å². The molecule has 0 unspecified atom stereocenters. The van der Waals surface area contributed by atoms with Crippen molar-refractivity contribution in [3.05, 3.63) is 48.0 Å². The first-order valence-electron chi connectivity index (χ1n) is 5.73. The van der Waals surface area contributed by atoms with Crippen LogP contribution in [0.25, 0.3) is 21.8 Å². The summed E-state index contributed by atoms with van der Waals surface area (Å²) < 4.78 is 1.32. The van der Waals surface area contributed by atoms with Gasteiger partial charge in [-0.1, -0.05) is 30.3 Å². The summed E-state index contributed by atoms with van der Waals surface area (Å²) in [5.41, 5.74) is 12.2. The SMILES string of the molecule is NC(=O)c1cccc2c3ccccc3n(C(N)=O)c12. The van der Waals surface area contributed by atoms with Gasteiger partial charge in [0.25, 0.3) is 5.91 Å². The molecule has 3 rings (SSSR count). The quantitative estimate of drug-likeness (QED) is 0.692. The third-order valence-electron chi connectivity index (χ3n) is 3.18. The molecule has 0 radical (unpaired) electrons. The molecular weight excluding hydrogens is 242 g/mol. The van der Waals surface area contributed by atoms with E-state index in [1.165, 1.54) is 4.57 Å². The average molecular weight is 253 g/mol. The fraction of sp³-hybridized carbons (Fsp3) is 0. The second kappa shape index (κ2) is 3.84. The van der Waals surface area contributed by atoms with Gasteiger partial charge < -0.3 is 11.5 Å². The van der Waals surface area contributed by atoms with Crippen molar-refractivity contribution < 1.29 is 9.59 Å². The van der Waals surface area contributed by atoms with Crippen LogP contribution in [0.3, 0.4) is 0 Å². The van der Waals surface area contributed by atoms with Crippen molar-refractivity contribution in [3.8, 4) is 0 Å². The van der Waals surface area contributed by atoms with Crippen LogP contribution in [0.4, 0.5) is 4.79 Å². The van der Waals surface area contributed by atoms with Gasteiger partial charge in [-0.05, 0) is 12.1 Å². The van der Waals surface area contributed by atoms with Crippen LogP contribution in [0.1, 0.15) is 10.4 Å². The van der Waals surface area contributed by atoms with Crippen molar-refractivity contribution >= 4 is 33.7 Å². The van der Waals surface area contributed by atoms with E-state index in [2.05, 4.69) is 0 Å². The highest BCUT2D eigenvalue weighted by Gasteiger charge is 2.18. The van der Waals surface area contributed by atoms with Crippen molar-refractivity contribution in [2.75, 3.05) is 0 Å². The topological polar surface area (TPSA) is 91.1 Å². The lowest BCUT2D eigenvalue weighted by Gasteiger charge is -2.04. The summed E-state index contributed by atoms with van der Waals surface area (Å²) in [5.74, 6) is -0.587. The van der Waals surface area contributed by atoms with Crippen LogP contribution >= 0.6 is 0 Å². The number of nitrogens with two attached hydrogens (primary N) is 2. The zero-order valence-electron chi connectivity index (χ0n) is 9.96. The molecule has 0 aliphatic heterocycles. The van der Waals surface area contributed by atoms with Gasteiger partial charge in [0.1, 0.15) is 0 Å². The maximum atomic E-state index is 11.7. The fourth-order valence-corrected chi connectivity index (χ4v) is 2.45. The number of carbonyl (C=O) groups excluding carboxylic acids is 2. The third kappa shape index (κ3) is 1.48. The van der Waals surface area contributed by atoms with Gasteiger partial charge in [0.15, 0.2) is 0 Å². The number of carbonyl (C=O) groups is 2. The number of amides is 2. The predicted molar refractivity (Wildman–Crippen MR) is 72.9 cm³/mol. The second-order valence-electron chi connectivity index (χ2n) is 4.26. The summed E-state index contributed by atoms with van der Waals surface area (Å²) in [6.07, 6.45) is 0. The summed E-state index contributed by atoms with van der Waals surface area (Å²) >= 11 is 0. The Morgan fingerprint density at radius 3 is 2.26 bits per heavy atom. The first-order chi connectivity index (χ1) is 9.11. The number of aromatic nitrogens is 1. The molecule has 1 heterocycles. The Balaban J connectivity index is 2.65. The van der Waals surface area contributed by atoms with Crippen LogP contribution in [0.2, 0.25) is 0 Å². The Kier molecular flexibility index (Phi) is 2.28. The highest BCUT2D eigenvalue weighted by atomic mass is 16.2. The van der Waals surface area contributed by atoms with Gasteiger partial charge in [-0.15, -0.1) is 0 Å². The molecule has 4 N–H and O–H groups in total. The minimum Gasteiger partial charge on any atom is -0.366 e. The van der Waals surface area contributed by atoms with Crippen molar-refractivity contribution in [3.63, 3.8) is 0 Å². The van der Waals surface area contributed by atoms with Gasteiger partial charge in [-0.25, -0.2) is 4.79 Å². The molecule has 0 fully saturated rings. The van der Waals surface area contributed by atoms with E-state index < -0.39 is 11.9 Å². The average Bonchev–Trinajstić information content (AvgIpc) is 2.72. The molecule has 0 atom stereocenters. The second-order valence-corrected chi connectivity index (χ2v) is 4.26. The summed E-state index contributed by atoms with van der Waals surface area (Å²) in [6.45, 7) is 0. The predicted octanol–water partition coefficient (Wildman–Crippen LogP) is 1.82. The lowest BCUT2D eigenvalue weighted by Crippen LogP contribution is -2.21. The monoisotopic (exact) mass is 253 g/mol. The van der Waals surface area contributed by atoms with Crippen molar-refractivity contribution in [2.24, 2.45) is 11.5 Å². The van der Waals surface area contributed by atoms with Crippen LogP contribution in [0.15, 0.2) is 42.5 Å². The minimum atomic E-state index is -0.639. The van der Waals surface area contributed by atoms with Crippen LogP contribution in [-0.4, -0.2) is 16.5 Å². The standard InChI is InChI=1S/C14H11N3O2/c15-13(18)10-6-3-5-9-8-4-1-2-7-11(8)17(12(9)10)14(16)19/h1-7H,(H2,15,18)(H2,16,19). The highest BCUT2D eigenvalue weighted by molar-refractivity contribution is 6.18. The zero-order valence-corrected chi connectivity index (χ0v) is 9.96. The number of para-hydroxylation sites is 2. The maximum absolute atomic E-state index is 11.7. The number of benzene rings is 2. The molecule has 94 valence electrons. The largest absolute Gasteiger partial charge is 0.366 e. The Hall–Kier alpha value is -2.82. The molecule has 5 heteroatoms. The molecular formula is C14H11N3O2. The molecule has 0 saturated carbocycles. The van der Waals surface area contributed by atoms with E-state index in [1.54, 1.807) is 18.2 Å². The van der Waals surface area contributed by atoms with Crippen LogP contribution in [-0.2, 0) is 0 Å². The number of hydrogen-bond donors (Lipinski definition) is 2. The van der Waals surface area contributed by atoms with Crippen molar-refractivity contribution in [2.45, 2.75) is 0 Å². The van der Waals surface area contributed by atoms with Gasteiger partial charge in [-0.2, -0.15) is 0 Å². The first kappa shape index (κ1) is 11.3. The van der Waals surface area contributed by atoms with E-state index in [1.807, 2.05) is 24.3 Å². The van der Waals surface area contributed by atoms with Gasteiger partial charge in [0.2, 0.25) is 0 Å². The van der Waals surface area contributed by atoms with Crippen LogP contribution in [0.5, 0.6) is 0 Å². The lowest BCUT2D eigenvalue weighted by atomic mass is 10.1. The number of fused-ring (bicyclic) bond motifs is 3. The molecule has 19 heavy (non-hydrogen) atoms. The van der Waals surface area contributed by atoms with Gasteiger partial charge >= 0.3 is 6.03 Å². The van der Waals surface area contributed by atoms with E-state index >= 15 is 0 Å². The molecule has 5 nitrogen and oxygen atoms in total. The first-order valence-corrected chi connectivity index (χ1v) is 5.73. The molecule has 0 saturated heterocycles. The van der Waals surface area contributed by atoms with Crippen LogP contribution in [0, 0.1) is 0 Å². The fourth-order valence-electron chi connectivity index (χ4n) is 2.45. The molecule has 1 aromatic heterocycles. The Labute approximate surface area is 108 Å². The third-order valence-corrected chi connectivity index (χ3v) is 3.18. The van der Waals surface area contributed by atoms with Crippen molar-refractivity contribution in [1.29, 1.82) is 0 Å². The van der Waals surface area contributed by atoms with Gasteiger partial charge in [0.05, 0.1) is 16.6 Å². The number of nitrogens with zero attached hydrogens (tertiary/aromatic N) is 1. The normalized spacial score (nSPS) is 10.9. The molecule has 0 bridgehead atoms. The number of rotatable bonds is 1. The molecule has 2 amide bonds. The lowest BCUT2D eigenvalue weighted by molar-refractivity contribution is 0.100. The van der Waals surface area contributed by atoms with Crippen molar-refractivity contribution in [1.82, 2.24) is 4.57 Å². The summed E-state index contributed by atoms with van der Waals surface area (Å²) in [6, 6.07) is 11.9. The molecule has 0 aliphatic rings. The molecule has 2 aromatic carbocycles. The summed E-state index contributed by atoms with van der Waals surface area (Å²) in [5, 5.41) is 1.64. The van der Waals surface area contributed by atoms with Crippen LogP contribution < -0.4 is 11.5 Å². The molecule has 3 aromatic rings. The smallest absolute Gasteiger partial charge is 0.323 e. The molecule has 0 aliphatic carbocycles. The Morgan fingerprint density at radius 1 is 0.895 bits per heavy atom. The maximum Gasteiger partial charge on any atom is 0.323 e. The van der Waals surface area contributed by atoms with E-state index in [4.69, 9.17) is 11.5 Å². The minimum absolute atomic E-state index is 0.285. The Bertz CT molecular complexity index is 833. The number of hydrogen-bond acceptors (Lipinski definition) is 2.